The van der Waals surface area contributed by atoms with Gasteiger partial charge in [0.25, 0.3) is 0 Å². The van der Waals surface area contributed by atoms with Crippen molar-refractivity contribution in [2.45, 2.75) is 36.6 Å². The van der Waals surface area contributed by atoms with Crippen LogP contribution in [0.1, 0.15) is 25.7 Å². The molecule has 106 valence electrons. The van der Waals surface area contributed by atoms with Gasteiger partial charge in [0, 0.05) is 12.2 Å². The van der Waals surface area contributed by atoms with Crippen molar-refractivity contribution in [2.75, 3.05) is 0 Å². The molecule has 2 aromatic heterocycles. The Morgan fingerprint density at radius 3 is 2.75 bits per heavy atom. The van der Waals surface area contributed by atoms with Crippen LogP contribution in [0.5, 0.6) is 0 Å². The maximum Gasteiger partial charge on any atom is 0.243 e. The van der Waals surface area contributed by atoms with Gasteiger partial charge in [0.2, 0.25) is 10.0 Å². The molecule has 3 rings (SSSR count). The molecule has 2 aromatic rings. The molecule has 1 aliphatic carbocycles. The Morgan fingerprint density at radius 1 is 1.25 bits per heavy atom. The second kappa shape index (κ2) is 5.34. The summed E-state index contributed by atoms with van der Waals surface area (Å²) in [5, 5.41) is 4.06. The monoisotopic (exact) mass is 292 g/mol. The lowest BCUT2D eigenvalue weighted by molar-refractivity contribution is 0.552. The Kier molecular flexibility index (Phi) is 3.54. The maximum absolute atomic E-state index is 12.2. The highest BCUT2D eigenvalue weighted by Crippen LogP contribution is 2.20. The molecule has 0 spiro atoms. The number of nitrogens with one attached hydrogen (secondary N) is 1. The lowest BCUT2D eigenvalue weighted by atomic mass is 10.3. The fourth-order valence-electron chi connectivity index (χ4n) is 2.39. The number of rotatable bonds is 4. The van der Waals surface area contributed by atoms with E-state index in [1.54, 1.807) is 18.3 Å². The third-order valence-corrected chi connectivity index (χ3v) is 4.91. The van der Waals surface area contributed by atoms with Gasteiger partial charge in [-0.15, -0.1) is 0 Å². The lowest BCUT2D eigenvalue weighted by Gasteiger charge is -2.10. The summed E-state index contributed by atoms with van der Waals surface area (Å²) in [5.74, 6) is 0.592. The molecule has 6 nitrogen and oxygen atoms in total. The zero-order chi connectivity index (χ0) is 14.0. The summed E-state index contributed by atoms with van der Waals surface area (Å²) in [7, 11) is -3.49. The first-order valence-electron chi connectivity index (χ1n) is 6.63. The van der Waals surface area contributed by atoms with E-state index in [0.717, 1.165) is 25.7 Å². The van der Waals surface area contributed by atoms with Gasteiger partial charge < -0.3 is 0 Å². The average Bonchev–Trinajstić information content (AvgIpc) is 3.10. The highest BCUT2D eigenvalue weighted by atomic mass is 32.2. The molecule has 0 radical (unpaired) electrons. The Balaban J connectivity index is 1.82. The van der Waals surface area contributed by atoms with E-state index in [2.05, 4.69) is 14.8 Å². The van der Waals surface area contributed by atoms with Crippen LogP contribution in [0.15, 0.2) is 41.7 Å². The van der Waals surface area contributed by atoms with Gasteiger partial charge in [-0.2, -0.15) is 5.10 Å². The van der Waals surface area contributed by atoms with Crippen LogP contribution in [0.3, 0.4) is 0 Å². The van der Waals surface area contributed by atoms with Gasteiger partial charge in [-0.25, -0.2) is 22.8 Å². The quantitative estimate of drug-likeness (QED) is 0.926. The highest BCUT2D eigenvalue weighted by molar-refractivity contribution is 7.89. The van der Waals surface area contributed by atoms with Crippen molar-refractivity contribution in [3.63, 3.8) is 0 Å². The van der Waals surface area contributed by atoms with E-state index in [4.69, 9.17) is 0 Å². The van der Waals surface area contributed by atoms with Crippen LogP contribution in [-0.2, 0) is 10.0 Å². The van der Waals surface area contributed by atoms with Crippen LogP contribution < -0.4 is 4.72 Å². The van der Waals surface area contributed by atoms with Gasteiger partial charge in [0.15, 0.2) is 5.82 Å². The number of pyridine rings is 1. The highest BCUT2D eigenvalue weighted by Gasteiger charge is 2.24. The molecule has 1 aliphatic rings. The third-order valence-electron chi connectivity index (χ3n) is 3.43. The topological polar surface area (TPSA) is 76.9 Å². The van der Waals surface area contributed by atoms with E-state index in [1.807, 2.05) is 6.07 Å². The molecule has 7 heteroatoms. The molecule has 1 N–H and O–H groups in total. The maximum atomic E-state index is 12.2. The molecule has 20 heavy (non-hydrogen) atoms. The van der Waals surface area contributed by atoms with Crippen molar-refractivity contribution in [1.82, 2.24) is 19.5 Å². The van der Waals surface area contributed by atoms with E-state index in [0.29, 0.717) is 5.82 Å². The third kappa shape index (κ3) is 2.73. The Bertz CT molecular complexity index is 675. The summed E-state index contributed by atoms with van der Waals surface area (Å²) in [6.07, 6.45) is 8.47. The van der Waals surface area contributed by atoms with E-state index < -0.39 is 10.0 Å². The molecule has 2 heterocycles. The van der Waals surface area contributed by atoms with E-state index in [9.17, 15) is 8.42 Å². The van der Waals surface area contributed by atoms with Gasteiger partial charge >= 0.3 is 0 Å². The Morgan fingerprint density at radius 2 is 2.05 bits per heavy atom. The number of sulfonamides is 1. The predicted molar refractivity (Wildman–Crippen MR) is 73.9 cm³/mol. The SMILES string of the molecule is O=S(=O)(NC1CCCC1)c1cnn(-c2ccccn2)c1. The molecule has 1 fully saturated rings. The molecule has 0 atom stereocenters. The minimum Gasteiger partial charge on any atom is -0.237 e. The van der Waals surface area contributed by atoms with Crippen molar-refractivity contribution in [3.8, 4) is 5.82 Å². The van der Waals surface area contributed by atoms with Crippen LogP contribution in [0.25, 0.3) is 5.82 Å². The molecular formula is C13H16N4O2S. The summed E-state index contributed by atoms with van der Waals surface area (Å²) in [6, 6.07) is 5.45. The summed E-state index contributed by atoms with van der Waals surface area (Å²) in [6.45, 7) is 0. The first-order valence-corrected chi connectivity index (χ1v) is 8.12. The van der Waals surface area contributed by atoms with Crippen molar-refractivity contribution < 1.29 is 8.42 Å². The molecular weight excluding hydrogens is 276 g/mol. The standard InChI is InChI=1S/C13H16N4O2S/c18-20(19,16-11-5-1-2-6-11)12-9-15-17(10-12)13-7-3-4-8-14-13/h3-4,7-11,16H,1-2,5-6H2. The zero-order valence-electron chi connectivity index (χ0n) is 10.9. The largest absolute Gasteiger partial charge is 0.243 e. The zero-order valence-corrected chi connectivity index (χ0v) is 11.8. The van der Waals surface area contributed by atoms with Crippen LogP contribution >= 0.6 is 0 Å². The minimum absolute atomic E-state index is 0.0539. The molecule has 0 bridgehead atoms. The van der Waals surface area contributed by atoms with Crippen LogP contribution in [0, 0.1) is 0 Å². The predicted octanol–water partition coefficient (Wildman–Crippen LogP) is 1.49. The number of aromatic nitrogens is 3. The fraction of sp³-hybridized carbons (Fsp3) is 0.385. The van der Waals surface area contributed by atoms with Gasteiger partial charge in [-0.05, 0) is 25.0 Å². The van der Waals surface area contributed by atoms with E-state index >= 15 is 0 Å². The number of hydrogen-bond acceptors (Lipinski definition) is 4. The van der Waals surface area contributed by atoms with E-state index in [-0.39, 0.29) is 10.9 Å². The Labute approximate surface area is 117 Å². The molecule has 0 saturated heterocycles. The van der Waals surface area contributed by atoms with E-state index in [1.165, 1.54) is 17.1 Å². The number of nitrogens with zero attached hydrogens (tertiary/aromatic N) is 3. The molecule has 0 aliphatic heterocycles. The van der Waals surface area contributed by atoms with Crippen molar-refractivity contribution in [3.05, 3.63) is 36.8 Å². The van der Waals surface area contributed by atoms with Gasteiger partial charge in [0.05, 0.1) is 12.4 Å². The second-order valence-corrected chi connectivity index (χ2v) is 6.63. The summed E-state index contributed by atoms with van der Waals surface area (Å²) < 4.78 is 28.7. The second-order valence-electron chi connectivity index (χ2n) is 4.91. The molecule has 0 aromatic carbocycles. The Hall–Kier alpha value is -1.73. The summed E-state index contributed by atoms with van der Waals surface area (Å²) in [4.78, 5) is 4.31. The van der Waals surface area contributed by atoms with Crippen LogP contribution in [-0.4, -0.2) is 29.2 Å². The van der Waals surface area contributed by atoms with Gasteiger partial charge in [0.1, 0.15) is 4.90 Å². The number of hydrogen-bond donors (Lipinski definition) is 1. The fourth-order valence-corrected chi connectivity index (χ4v) is 3.63. The van der Waals surface area contributed by atoms with Gasteiger partial charge in [-0.1, -0.05) is 18.9 Å². The molecule has 0 amide bonds. The van der Waals surface area contributed by atoms with Crippen LogP contribution in [0.4, 0.5) is 0 Å². The first kappa shape index (κ1) is 13.3. The van der Waals surface area contributed by atoms with Gasteiger partial charge in [-0.3, -0.25) is 0 Å². The first-order chi connectivity index (χ1) is 9.65. The summed E-state index contributed by atoms with van der Waals surface area (Å²) in [5.41, 5.74) is 0. The minimum atomic E-state index is -3.49. The molecule has 1 saturated carbocycles. The molecule has 0 unspecified atom stereocenters. The average molecular weight is 292 g/mol. The van der Waals surface area contributed by atoms with Crippen molar-refractivity contribution in [2.24, 2.45) is 0 Å². The lowest BCUT2D eigenvalue weighted by Crippen LogP contribution is -2.32. The van der Waals surface area contributed by atoms with Crippen LogP contribution in [0.2, 0.25) is 0 Å². The smallest absolute Gasteiger partial charge is 0.237 e. The normalized spacial score (nSPS) is 16.6. The van der Waals surface area contributed by atoms with Crippen molar-refractivity contribution in [1.29, 1.82) is 0 Å². The van der Waals surface area contributed by atoms with Crippen molar-refractivity contribution >= 4 is 10.0 Å². The summed E-state index contributed by atoms with van der Waals surface area (Å²) >= 11 is 0.